The third kappa shape index (κ3) is 5.32. The summed E-state index contributed by atoms with van der Waals surface area (Å²) in [6, 6.07) is 6.51. The molecule has 0 saturated heterocycles. The van der Waals surface area contributed by atoms with Crippen molar-refractivity contribution >= 4 is 24.0 Å². The SMILES string of the molecule is CN(Cc1ccccc1[N+](=O)[O-])C(=O)CNCC1CC1.Cl. The molecular weight excluding hydrogens is 294 g/mol. The number of nitrogens with one attached hydrogen (secondary N) is 1. The molecule has 6 nitrogen and oxygen atoms in total. The van der Waals surface area contributed by atoms with Crippen LogP contribution >= 0.6 is 12.4 Å². The molecule has 116 valence electrons. The second-order valence-corrected chi connectivity index (χ2v) is 5.21. The molecule has 0 spiro atoms. The highest BCUT2D eigenvalue weighted by Gasteiger charge is 2.21. The molecule has 0 aromatic heterocycles. The van der Waals surface area contributed by atoms with Crippen molar-refractivity contribution in [3.05, 3.63) is 39.9 Å². The van der Waals surface area contributed by atoms with Crippen molar-refractivity contribution in [1.29, 1.82) is 0 Å². The van der Waals surface area contributed by atoms with Crippen LogP contribution in [0.5, 0.6) is 0 Å². The maximum absolute atomic E-state index is 11.9. The van der Waals surface area contributed by atoms with Crippen molar-refractivity contribution in [2.45, 2.75) is 19.4 Å². The molecule has 0 heterocycles. The molecule has 21 heavy (non-hydrogen) atoms. The van der Waals surface area contributed by atoms with Crippen LogP contribution in [0.15, 0.2) is 24.3 Å². The van der Waals surface area contributed by atoms with Gasteiger partial charge >= 0.3 is 0 Å². The molecule has 1 aliphatic carbocycles. The Bertz CT molecular complexity index is 506. The summed E-state index contributed by atoms with van der Waals surface area (Å²) in [5.41, 5.74) is 0.605. The van der Waals surface area contributed by atoms with E-state index in [0.29, 0.717) is 5.56 Å². The molecule has 0 unspecified atom stereocenters. The number of carbonyl (C=O) groups excluding carboxylic acids is 1. The minimum absolute atomic E-state index is 0. The Balaban J connectivity index is 0.00000220. The zero-order valence-corrected chi connectivity index (χ0v) is 12.8. The van der Waals surface area contributed by atoms with Crippen LogP contribution in [0, 0.1) is 16.0 Å². The van der Waals surface area contributed by atoms with Gasteiger partial charge in [-0.25, -0.2) is 0 Å². The van der Waals surface area contributed by atoms with Crippen molar-refractivity contribution < 1.29 is 9.72 Å². The van der Waals surface area contributed by atoms with E-state index < -0.39 is 4.92 Å². The number of benzene rings is 1. The predicted molar refractivity (Wildman–Crippen MR) is 82.4 cm³/mol. The van der Waals surface area contributed by atoms with E-state index in [1.54, 1.807) is 25.2 Å². The summed E-state index contributed by atoms with van der Waals surface area (Å²) in [6.07, 6.45) is 2.49. The van der Waals surface area contributed by atoms with Crippen molar-refractivity contribution in [2.75, 3.05) is 20.1 Å². The molecule has 0 aliphatic heterocycles. The Morgan fingerprint density at radius 2 is 2.10 bits per heavy atom. The van der Waals surface area contributed by atoms with E-state index in [2.05, 4.69) is 5.32 Å². The molecule has 1 saturated carbocycles. The Hall–Kier alpha value is -1.66. The van der Waals surface area contributed by atoms with Gasteiger partial charge in [0.2, 0.25) is 5.91 Å². The lowest BCUT2D eigenvalue weighted by atomic mass is 10.1. The van der Waals surface area contributed by atoms with Crippen molar-refractivity contribution in [3.63, 3.8) is 0 Å². The highest BCUT2D eigenvalue weighted by atomic mass is 35.5. The van der Waals surface area contributed by atoms with Gasteiger partial charge in [-0.1, -0.05) is 18.2 Å². The maximum atomic E-state index is 11.9. The quantitative estimate of drug-likeness (QED) is 0.617. The average molecular weight is 314 g/mol. The predicted octanol–water partition coefficient (Wildman–Crippen LogP) is 1.97. The molecule has 1 N–H and O–H groups in total. The Labute approximate surface area is 130 Å². The highest BCUT2D eigenvalue weighted by molar-refractivity contribution is 5.85. The number of nitro groups is 1. The van der Waals surface area contributed by atoms with E-state index >= 15 is 0 Å². The lowest BCUT2D eigenvalue weighted by Crippen LogP contribution is -2.36. The van der Waals surface area contributed by atoms with Crippen LogP contribution in [0.4, 0.5) is 5.69 Å². The van der Waals surface area contributed by atoms with Crippen LogP contribution in [0.1, 0.15) is 18.4 Å². The summed E-state index contributed by atoms with van der Waals surface area (Å²) in [5, 5.41) is 14.0. The molecule has 1 aliphatic rings. The number of rotatable bonds is 7. The third-order valence-corrected chi connectivity index (χ3v) is 3.43. The molecule has 0 atom stereocenters. The van der Waals surface area contributed by atoms with Gasteiger partial charge in [0.05, 0.1) is 18.0 Å². The highest BCUT2D eigenvalue weighted by Crippen LogP contribution is 2.27. The van der Waals surface area contributed by atoms with E-state index in [4.69, 9.17) is 0 Å². The van der Waals surface area contributed by atoms with Crippen molar-refractivity contribution in [3.8, 4) is 0 Å². The molecule has 7 heteroatoms. The zero-order valence-electron chi connectivity index (χ0n) is 11.9. The molecule has 1 aromatic carbocycles. The Morgan fingerprint density at radius 3 is 2.71 bits per heavy atom. The summed E-state index contributed by atoms with van der Waals surface area (Å²) >= 11 is 0. The largest absolute Gasteiger partial charge is 0.340 e. The van der Waals surface area contributed by atoms with E-state index in [1.165, 1.54) is 23.8 Å². The summed E-state index contributed by atoms with van der Waals surface area (Å²) in [7, 11) is 1.66. The van der Waals surface area contributed by atoms with Crippen LogP contribution in [0.25, 0.3) is 0 Å². The first-order valence-electron chi connectivity index (χ1n) is 6.75. The van der Waals surface area contributed by atoms with Crippen LogP contribution in [-0.2, 0) is 11.3 Å². The van der Waals surface area contributed by atoms with E-state index in [9.17, 15) is 14.9 Å². The van der Waals surface area contributed by atoms with Crippen LogP contribution in [0.2, 0.25) is 0 Å². The number of hydrogen-bond acceptors (Lipinski definition) is 4. The summed E-state index contributed by atoms with van der Waals surface area (Å²) < 4.78 is 0. The lowest BCUT2D eigenvalue weighted by Gasteiger charge is -2.17. The minimum atomic E-state index is -0.418. The van der Waals surface area contributed by atoms with Gasteiger partial charge in [0.1, 0.15) is 0 Å². The van der Waals surface area contributed by atoms with Gasteiger partial charge in [0, 0.05) is 18.7 Å². The average Bonchev–Trinajstić information content (AvgIpc) is 3.23. The summed E-state index contributed by atoms with van der Waals surface area (Å²) in [5.74, 6) is 0.673. The van der Waals surface area contributed by atoms with Gasteiger partial charge in [-0.15, -0.1) is 12.4 Å². The van der Waals surface area contributed by atoms with Crippen LogP contribution < -0.4 is 5.32 Å². The minimum Gasteiger partial charge on any atom is -0.340 e. The number of likely N-dealkylation sites (N-methyl/N-ethyl adjacent to an activating group) is 1. The number of carbonyl (C=O) groups is 1. The van der Waals surface area contributed by atoms with Crippen molar-refractivity contribution in [1.82, 2.24) is 10.2 Å². The molecule has 2 rings (SSSR count). The van der Waals surface area contributed by atoms with Crippen LogP contribution in [0.3, 0.4) is 0 Å². The van der Waals surface area contributed by atoms with Gasteiger partial charge in [0.25, 0.3) is 5.69 Å². The topological polar surface area (TPSA) is 75.5 Å². The first-order chi connectivity index (χ1) is 9.58. The lowest BCUT2D eigenvalue weighted by molar-refractivity contribution is -0.385. The monoisotopic (exact) mass is 313 g/mol. The summed E-state index contributed by atoms with van der Waals surface area (Å²) in [4.78, 5) is 23.9. The number of nitro benzene ring substituents is 1. The fourth-order valence-corrected chi connectivity index (χ4v) is 2.01. The Kier molecular flexibility index (Phi) is 6.58. The van der Waals surface area contributed by atoms with E-state index in [0.717, 1.165) is 12.5 Å². The molecular formula is C14H20ClN3O3. The normalized spacial score (nSPS) is 13.4. The van der Waals surface area contributed by atoms with E-state index in [1.807, 2.05) is 0 Å². The second kappa shape index (κ2) is 7.95. The van der Waals surface area contributed by atoms with Gasteiger partial charge in [-0.2, -0.15) is 0 Å². The zero-order chi connectivity index (χ0) is 14.5. The molecule has 1 fully saturated rings. The van der Waals surface area contributed by atoms with Gasteiger partial charge in [-0.3, -0.25) is 14.9 Å². The van der Waals surface area contributed by atoms with E-state index in [-0.39, 0.29) is 37.1 Å². The number of para-hydroxylation sites is 1. The molecule has 1 aromatic rings. The molecule has 0 bridgehead atoms. The fraction of sp³-hybridized carbons (Fsp3) is 0.500. The van der Waals surface area contributed by atoms with Crippen LogP contribution in [-0.4, -0.2) is 35.9 Å². The first-order valence-corrected chi connectivity index (χ1v) is 6.75. The van der Waals surface area contributed by atoms with Gasteiger partial charge in [0.15, 0.2) is 0 Å². The summed E-state index contributed by atoms with van der Waals surface area (Å²) in [6.45, 7) is 1.42. The molecule has 0 radical (unpaired) electrons. The Morgan fingerprint density at radius 1 is 1.43 bits per heavy atom. The third-order valence-electron chi connectivity index (χ3n) is 3.43. The smallest absolute Gasteiger partial charge is 0.274 e. The van der Waals surface area contributed by atoms with Gasteiger partial charge in [-0.05, 0) is 25.3 Å². The number of halogens is 1. The second-order valence-electron chi connectivity index (χ2n) is 5.21. The van der Waals surface area contributed by atoms with Crippen molar-refractivity contribution in [2.24, 2.45) is 5.92 Å². The number of hydrogen-bond donors (Lipinski definition) is 1. The first kappa shape index (κ1) is 17.4. The number of nitrogens with zero attached hydrogens (tertiary/aromatic N) is 2. The molecule has 1 amide bonds. The van der Waals surface area contributed by atoms with Gasteiger partial charge < -0.3 is 10.2 Å². The maximum Gasteiger partial charge on any atom is 0.274 e. The number of amides is 1. The standard InChI is InChI=1S/C14H19N3O3.ClH/c1-16(14(18)9-15-8-11-6-7-11)10-12-4-2-3-5-13(12)17(19)20;/h2-5,11,15H,6-10H2,1H3;1H. The fourth-order valence-electron chi connectivity index (χ4n) is 2.01.